The Bertz CT molecular complexity index is 820. The highest BCUT2D eigenvalue weighted by atomic mass is 32.2. The molecule has 1 aromatic heterocycles. The van der Waals surface area contributed by atoms with E-state index in [-0.39, 0.29) is 11.2 Å². The fourth-order valence-electron chi connectivity index (χ4n) is 4.14. The van der Waals surface area contributed by atoms with E-state index in [2.05, 4.69) is 50.9 Å². The monoisotopic (exact) mass is 413 g/mol. The topological polar surface area (TPSA) is 54.3 Å². The summed E-state index contributed by atoms with van der Waals surface area (Å²) < 4.78 is 2.13. The molecule has 0 spiro atoms. The number of aryl methyl sites for hydroxylation is 1. The number of hydrogen-bond donors (Lipinski definition) is 0. The number of likely N-dealkylation sites (tertiary alicyclic amines) is 1. The van der Waals surface area contributed by atoms with Gasteiger partial charge in [-0.3, -0.25) is 9.36 Å². The van der Waals surface area contributed by atoms with Gasteiger partial charge in [0, 0.05) is 26.2 Å². The lowest BCUT2D eigenvalue weighted by Crippen LogP contribution is -2.37. The zero-order valence-electron chi connectivity index (χ0n) is 17.5. The average molecular weight is 414 g/mol. The first-order valence-electron chi connectivity index (χ1n) is 10.9. The molecule has 156 valence electrons. The van der Waals surface area contributed by atoms with Gasteiger partial charge >= 0.3 is 0 Å². The first kappa shape index (κ1) is 20.3. The fourth-order valence-corrected chi connectivity index (χ4v) is 5.08. The number of amides is 1. The van der Waals surface area contributed by atoms with Gasteiger partial charge in [0.25, 0.3) is 0 Å². The first-order valence-corrected chi connectivity index (χ1v) is 11.7. The van der Waals surface area contributed by atoms with E-state index in [1.54, 1.807) is 0 Å². The predicted molar refractivity (Wildman–Crippen MR) is 118 cm³/mol. The Kier molecular flexibility index (Phi) is 6.43. The van der Waals surface area contributed by atoms with E-state index in [4.69, 9.17) is 0 Å². The van der Waals surface area contributed by atoms with Crippen molar-refractivity contribution in [1.82, 2.24) is 19.7 Å². The number of thioether (sulfide) groups is 1. The van der Waals surface area contributed by atoms with Gasteiger partial charge < -0.3 is 9.80 Å². The molecule has 0 radical (unpaired) electrons. The van der Waals surface area contributed by atoms with Crippen LogP contribution in [0.2, 0.25) is 0 Å². The first-order chi connectivity index (χ1) is 14.1. The SMILES string of the molecule is Cc1ccc(-n2c(SC(C)C(=O)N3CCCCCC3)nnc2N2CCCC2)cc1. The molecule has 3 heterocycles. The third-order valence-electron chi connectivity index (χ3n) is 5.85. The number of aromatic nitrogens is 3. The summed E-state index contributed by atoms with van der Waals surface area (Å²) in [5.41, 5.74) is 2.28. The average Bonchev–Trinajstić information content (AvgIpc) is 3.31. The normalized spacial score (nSPS) is 18.7. The Balaban J connectivity index is 1.59. The Labute approximate surface area is 177 Å². The summed E-state index contributed by atoms with van der Waals surface area (Å²) in [6.45, 7) is 7.88. The largest absolute Gasteiger partial charge is 0.342 e. The van der Waals surface area contributed by atoms with Crippen molar-refractivity contribution in [2.24, 2.45) is 0 Å². The zero-order valence-corrected chi connectivity index (χ0v) is 18.3. The van der Waals surface area contributed by atoms with Crippen molar-refractivity contribution in [3.63, 3.8) is 0 Å². The van der Waals surface area contributed by atoms with Crippen LogP contribution in [-0.2, 0) is 4.79 Å². The van der Waals surface area contributed by atoms with Gasteiger partial charge in [-0.25, -0.2) is 0 Å². The van der Waals surface area contributed by atoms with Crippen LogP contribution in [-0.4, -0.2) is 57.0 Å². The van der Waals surface area contributed by atoms with Crippen LogP contribution in [0.25, 0.3) is 5.69 Å². The summed E-state index contributed by atoms with van der Waals surface area (Å²) in [5, 5.41) is 9.66. The minimum absolute atomic E-state index is 0.173. The molecule has 0 bridgehead atoms. The minimum Gasteiger partial charge on any atom is -0.342 e. The minimum atomic E-state index is -0.173. The van der Waals surface area contributed by atoms with Crippen molar-refractivity contribution in [2.45, 2.75) is 62.8 Å². The molecule has 29 heavy (non-hydrogen) atoms. The van der Waals surface area contributed by atoms with Gasteiger partial charge in [0.05, 0.1) is 10.9 Å². The number of hydrogen-bond acceptors (Lipinski definition) is 5. The van der Waals surface area contributed by atoms with Crippen LogP contribution in [0.4, 0.5) is 5.95 Å². The maximum Gasteiger partial charge on any atom is 0.235 e. The highest BCUT2D eigenvalue weighted by molar-refractivity contribution is 8.00. The molecule has 2 saturated heterocycles. The lowest BCUT2D eigenvalue weighted by molar-refractivity contribution is -0.130. The van der Waals surface area contributed by atoms with E-state index in [0.717, 1.165) is 55.8 Å². The highest BCUT2D eigenvalue weighted by Crippen LogP contribution is 2.31. The maximum absolute atomic E-state index is 13.0. The predicted octanol–water partition coefficient (Wildman–Crippen LogP) is 4.06. The van der Waals surface area contributed by atoms with Crippen LogP contribution in [0.5, 0.6) is 0 Å². The van der Waals surface area contributed by atoms with Crippen molar-refractivity contribution >= 4 is 23.6 Å². The molecule has 1 unspecified atom stereocenters. The van der Waals surface area contributed by atoms with Gasteiger partial charge in [0.2, 0.25) is 11.9 Å². The molecule has 0 aliphatic carbocycles. The van der Waals surface area contributed by atoms with E-state index < -0.39 is 0 Å². The van der Waals surface area contributed by atoms with Crippen molar-refractivity contribution in [1.29, 1.82) is 0 Å². The molecule has 2 aliphatic heterocycles. The molecule has 6 nitrogen and oxygen atoms in total. The van der Waals surface area contributed by atoms with Crippen LogP contribution < -0.4 is 4.90 Å². The van der Waals surface area contributed by atoms with Gasteiger partial charge in [-0.15, -0.1) is 10.2 Å². The molecule has 1 atom stereocenters. The molecule has 1 aromatic carbocycles. The van der Waals surface area contributed by atoms with Crippen LogP contribution >= 0.6 is 11.8 Å². The molecule has 7 heteroatoms. The maximum atomic E-state index is 13.0. The van der Waals surface area contributed by atoms with E-state index >= 15 is 0 Å². The second kappa shape index (κ2) is 9.20. The van der Waals surface area contributed by atoms with E-state index in [1.165, 1.54) is 43.0 Å². The molecule has 2 fully saturated rings. The summed E-state index contributed by atoms with van der Waals surface area (Å²) >= 11 is 1.53. The number of carbonyl (C=O) groups is 1. The van der Waals surface area contributed by atoms with Crippen molar-refractivity contribution in [3.05, 3.63) is 29.8 Å². The Hall–Kier alpha value is -2.02. The smallest absolute Gasteiger partial charge is 0.235 e. The summed E-state index contributed by atoms with van der Waals surface area (Å²) in [7, 11) is 0. The van der Waals surface area contributed by atoms with Crippen molar-refractivity contribution in [3.8, 4) is 5.69 Å². The van der Waals surface area contributed by atoms with Gasteiger partial charge in [-0.1, -0.05) is 42.3 Å². The lowest BCUT2D eigenvalue weighted by atomic mass is 10.2. The Morgan fingerprint density at radius 1 is 0.931 bits per heavy atom. The molecule has 2 aliphatic rings. The highest BCUT2D eigenvalue weighted by Gasteiger charge is 2.27. The number of anilines is 1. The van der Waals surface area contributed by atoms with Crippen LogP contribution in [0.1, 0.15) is 51.0 Å². The summed E-state index contributed by atoms with van der Waals surface area (Å²) in [6.07, 6.45) is 7.06. The van der Waals surface area contributed by atoms with Gasteiger partial charge in [-0.2, -0.15) is 0 Å². The van der Waals surface area contributed by atoms with Crippen molar-refractivity contribution < 1.29 is 4.79 Å². The van der Waals surface area contributed by atoms with Crippen LogP contribution in [0.3, 0.4) is 0 Å². The van der Waals surface area contributed by atoms with Gasteiger partial charge in [0.15, 0.2) is 5.16 Å². The molecule has 0 saturated carbocycles. The van der Waals surface area contributed by atoms with Gasteiger partial charge in [0.1, 0.15) is 0 Å². The second-order valence-electron chi connectivity index (χ2n) is 8.15. The number of benzene rings is 1. The Morgan fingerprint density at radius 3 is 2.21 bits per heavy atom. The third-order valence-corrected chi connectivity index (χ3v) is 6.88. The van der Waals surface area contributed by atoms with Crippen LogP contribution in [0.15, 0.2) is 29.4 Å². The summed E-state index contributed by atoms with van der Waals surface area (Å²) in [4.78, 5) is 17.4. The fraction of sp³-hybridized carbons (Fsp3) is 0.591. The van der Waals surface area contributed by atoms with Gasteiger partial charge in [-0.05, 0) is 51.7 Å². The number of nitrogens with zero attached hydrogens (tertiary/aromatic N) is 5. The standard InChI is InChI=1S/C22H31N5OS/c1-17-9-11-19(12-10-17)27-21(26-15-7-8-16-26)23-24-22(27)29-18(2)20(28)25-13-5-3-4-6-14-25/h9-12,18H,3-8,13-16H2,1-2H3. The van der Waals surface area contributed by atoms with E-state index in [0.29, 0.717) is 0 Å². The number of carbonyl (C=O) groups excluding carboxylic acids is 1. The van der Waals surface area contributed by atoms with E-state index in [1.807, 2.05) is 11.8 Å². The van der Waals surface area contributed by atoms with Crippen molar-refractivity contribution in [2.75, 3.05) is 31.1 Å². The molecule has 1 amide bonds. The lowest BCUT2D eigenvalue weighted by Gasteiger charge is -2.24. The summed E-state index contributed by atoms with van der Waals surface area (Å²) in [6, 6.07) is 8.46. The third kappa shape index (κ3) is 4.60. The Morgan fingerprint density at radius 2 is 1.55 bits per heavy atom. The van der Waals surface area contributed by atoms with E-state index in [9.17, 15) is 4.79 Å². The summed E-state index contributed by atoms with van der Waals surface area (Å²) in [5.74, 6) is 1.11. The molecule has 4 rings (SSSR count). The molecular formula is C22H31N5OS. The molecular weight excluding hydrogens is 382 g/mol. The second-order valence-corrected chi connectivity index (χ2v) is 9.46. The molecule has 0 N–H and O–H groups in total. The quantitative estimate of drug-likeness (QED) is 0.692. The zero-order chi connectivity index (χ0) is 20.2. The van der Waals surface area contributed by atoms with Crippen LogP contribution in [0, 0.1) is 6.92 Å². The number of rotatable bonds is 5. The molecule has 2 aromatic rings.